The van der Waals surface area contributed by atoms with Crippen LogP contribution in [0.25, 0.3) is 0 Å². The third-order valence-electron chi connectivity index (χ3n) is 4.49. The number of alkyl halides is 3. The summed E-state index contributed by atoms with van der Waals surface area (Å²) in [6.07, 6.45) is -2.70. The normalized spacial score (nSPS) is 17.3. The molecule has 28 heavy (non-hydrogen) atoms. The molecule has 0 radical (unpaired) electrons. The minimum Gasteiger partial charge on any atom is -0.458 e. The Kier molecular flexibility index (Phi) is 5.71. The van der Waals surface area contributed by atoms with Gasteiger partial charge in [0.05, 0.1) is 6.54 Å². The first kappa shape index (κ1) is 19.9. The lowest BCUT2D eigenvalue weighted by Gasteiger charge is -2.32. The Balaban J connectivity index is 1.66. The molecule has 1 atom stereocenters. The summed E-state index contributed by atoms with van der Waals surface area (Å²) in [6.45, 7) is 0.839. The molecule has 1 aliphatic heterocycles. The highest BCUT2D eigenvalue weighted by molar-refractivity contribution is 5.94. The van der Waals surface area contributed by atoms with Crippen LogP contribution in [0.15, 0.2) is 36.5 Å². The zero-order chi connectivity index (χ0) is 20.3. The predicted molar refractivity (Wildman–Crippen MR) is 97.4 cm³/mol. The largest absolute Gasteiger partial charge is 0.458 e. The zero-order valence-electron chi connectivity index (χ0n) is 15.6. The fourth-order valence-electron chi connectivity index (χ4n) is 3.01. The first-order valence-corrected chi connectivity index (χ1v) is 8.87. The number of nitrogens with zero attached hydrogens (tertiary/aromatic N) is 4. The molecule has 1 amide bonds. The molecule has 1 aromatic carbocycles. The van der Waals surface area contributed by atoms with Crippen LogP contribution in [0.5, 0.6) is 6.01 Å². The van der Waals surface area contributed by atoms with Gasteiger partial charge in [-0.1, -0.05) is 0 Å². The topological polar surface area (TPSA) is 58.6 Å². The summed E-state index contributed by atoms with van der Waals surface area (Å²) in [5.74, 6) is -0.136. The van der Waals surface area contributed by atoms with Crippen molar-refractivity contribution in [3.8, 4) is 6.01 Å². The molecule has 3 rings (SSSR count). The maximum atomic E-state index is 12.8. The number of aromatic nitrogens is 2. The molecular weight excluding hydrogens is 373 g/mol. The van der Waals surface area contributed by atoms with Gasteiger partial charge < -0.3 is 14.5 Å². The quantitative estimate of drug-likeness (QED) is 0.797. The Morgan fingerprint density at radius 3 is 2.57 bits per heavy atom. The van der Waals surface area contributed by atoms with E-state index >= 15 is 0 Å². The lowest BCUT2D eigenvalue weighted by Crippen LogP contribution is -2.44. The molecule has 0 N–H and O–H groups in total. The van der Waals surface area contributed by atoms with Crippen molar-refractivity contribution in [2.75, 3.05) is 32.1 Å². The summed E-state index contributed by atoms with van der Waals surface area (Å²) in [7, 11) is 3.83. The monoisotopic (exact) mass is 394 g/mol. The summed E-state index contributed by atoms with van der Waals surface area (Å²) in [5.41, 5.74) is 0.488. The molecule has 0 bridgehead atoms. The lowest BCUT2D eigenvalue weighted by atomic mass is 10.1. The second kappa shape index (κ2) is 8.04. The number of piperidine rings is 1. The molecule has 1 unspecified atom stereocenters. The highest BCUT2D eigenvalue weighted by Gasteiger charge is 2.33. The van der Waals surface area contributed by atoms with Crippen LogP contribution in [-0.4, -0.2) is 54.1 Å². The molecule has 1 aliphatic rings. The molecule has 9 heteroatoms. The van der Waals surface area contributed by atoms with E-state index in [1.807, 2.05) is 31.1 Å². The minimum absolute atomic E-state index is 0.136. The van der Waals surface area contributed by atoms with Crippen LogP contribution in [-0.2, 0) is 6.18 Å². The van der Waals surface area contributed by atoms with Crippen molar-refractivity contribution in [2.24, 2.45) is 0 Å². The summed E-state index contributed by atoms with van der Waals surface area (Å²) in [4.78, 5) is 23.5. The second-order valence-electron chi connectivity index (χ2n) is 6.80. The van der Waals surface area contributed by atoms with Gasteiger partial charge in [-0.3, -0.25) is 4.79 Å². The van der Waals surface area contributed by atoms with Gasteiger partial charge in [0.2, 0.25) is 0 Å². The van der Waals surface area contributed by atoms with Crippen LogP contribution in [0, 0.1) is 0 Å². The van der Waals surface area contributed by atoms with E-state index in [1.165, 1.54) is 0 Å². The highest BCUT2D eigenvalue weighted by atomic mass is 19.4. The smallest absolute Gasteiger partial charge is 0.433 e. The molecule has 0 aliphatic carbocycles. The maximum absolute atomic E-state index is 12.8. The van der Waals surface area contributed by atoms with Crippen LogP contribution in [0.2, 0.25) is 0 Å². The molecule has 0 spiro atoms. The average molecular weight is 394 g/mol. The van der Waals surface area contributed by atoms with Gasteiger partial charge in [0.25, 0.3) is 5.91 Å². The van der Waals surface area contributed by atoms with Gasteiger partial charge in [0.15, 0.2) is 5.69 Å². The molecular formula is C19H21F3N4O2. The summed E-state index contributed by atoms with van der Waals surface area (Å²) in [5, 5.41) is 0. The summed E-state index contributed by atoms with van der Waals surface area (Å²) >= 11 is 0. The SMILES string of the molecule is CN(C)c1ccc(C(=O)N2CCCC(Oc3nccc(C(F)(F)F)n3)C2)cc1. The number of halogens is 3. The molecule has 150 valence electrons. The van der Waals surface area contributed by atoms with Crippen molar-refractivity contribution in [1.82, 2.24) is 14.9 Å². The molecule has 1 aromatic heterocycles. The van der Waals surface area contributed by atoms with Crippen molar-refractivity contribution in [3.05, 3.63) is 47.8 Å². The van der Waals surface area contributed by atoms with E-state index in [0.29, 0.717) is 24.9 Å². The molecule has 1 fully saturated rings. The van der Waals surface area contributed by atoms with E-state index in [9.17, 15) is 18.0 Å². The van der Waals surface area contributed by atoms with Gasteiger partial charge in [0.1, 0.15) is 6.10 Å². The van der Waals surface area contributed by atoms with E-state index in [-0.39, 0.29) is 18.5 Å². The number of carbonyl (C=O) groups is 1. The van der Waals surface area contributed by atoms with E-state index in [2.05, 4.69) is 9.97 Å². The predicted octanol–water partition coefficient (Wildman–Crippen LogP) is 3.25. The number of amides is 1. The number of ether oxygens (including phenoxy) is 1. The average Bonchev–Trinajstić information content (AvgIpc) is 2.67. The van der Waals surface area contributed by atoms with Gasteiger partial charge in [-0.25, -0.2) is 4.98 Å². The van der Waals surface area contributed by atoms with Gasteiger partial charge >= 0.3 is 12.2 Å². The number of hydrogen-bond acceptors (Lipinski definition) is 5. The van der Waals surface area contributed by atoms with Crippen LogP contribution in [0.1, 0.15) is 28.9 Å². The van der Waals surface area contributed by atoms with Gasteiger partial charge in [-0.2, -0.15) is 18.2 Å². The molecule has 0 saturated carbocycles. The molecule has 2 heterocycles. The molecule has 6 nitrogen and oxygen atoms in total. The number of carbonyl (C=O) groups excluding carboxylic acids is 1. The fourth-order valence-corrected chi connectivity index (χ4v) is 3.01. The van der Waals surface area contributed by atoms with Crippen LogP contribution >= 0.6 is 0 Å². The van der Waals surface area contributed by atoms with Crippen molar-refractivity contribution in [3.63, 3.8) is 0 Å². The maximum Gasteiger partial charge on any atom is 0.433 e. The molecule has 2 aromatic rings. The summed E-state index contributed by atoms with van der Waals surface area (Å²) in [6, 6.07) is 7.71. The molecule has 1 saturated heterocycles. The van der Waals surface area contributed by atoms with Crippen LogP contribution in [0.3, 0.4) is 0 Å². The first-order valence-electron chi connectivity index (χ1n) is 8.87. The lowest BCUT2D eigenvalue weighted by molar-refractivity contribution is -0.141. The highest BCUT2D eigenvalue weighted by Crippen LogP contribution is 2.28. The van der Waals surface area contributed by atoms with Crippen molar-refractivity contribution < 1.29 is 22.7 Å². The number of anilines is 1. The Hall–Kier alpha value is -2.84. The third kappa shape index (κ3) is 4.71. The fraction of sp³-hybridized carbons (Fsp3) is 0.421. The van der Waals surface area contributed by atoms with E-state index < -0.39 is 18.0 Å². The minimum atomic E-state index is -4.56. The van der Waals surface area contributed by atoms with Gasteiger partial charge in [-0.05, 0) is 43.2 Å². The first-order chi connectivity index (χ1) is 13.2. The van der Waals surface area contributed by atoms with Crippen LogP contribution < -0.4 is 9.64 Å². The number of rotatable bonds is 4. The Morgan fingerprint density at radius 1 is 1.21 bits per heavy atom. The number of benzene rings is 1. The van der Waals surface area contributed by atoms with E-state index in [4.69, 9.17) is 4.74 Å². The standard InChI is InChI=1S/C19H21F3N4O2/c1-25(2)14-7-5-13(6-8-14)17(27)26-11-3-4-15(12-26)28-18-23-10-9-16(24-18)19(20,21)22/h5-10,15H,3-4,11-12H2,1-2H3. The Labute approximate surface area is 160 Å². The zero-order valence-corrected chi connectivity index (χ0v) is 15.6. The van der Waals surface area contributed by atoms with E-state index in [1.54, 1.807) is 17.0 Å². The number of hydrogen-bond donors (Lipinski definition) is 0. The number of likely N-dealkylation sites (tertiary alicyclic amines) is 1. The van der Waals surface area contributed by atoms with E-state index in [0.717, 1.165) is 18.0 Å². The third-order valence-corrected chi connectivity index (χ3v) is 4.49. The van der Waals surface area contributed by atoms with Crippen molar-refractivity contribution in [1.29, 1.82) is 0 Å². The second-order valence-corrected chi connectivity index (χ2v) is 6.80. The van der Waals surface area contributed by atoms with Crippen molar-refractivity contribution >= 4 is 11.6 Å². The Bertz CT molecular complexity index is 825. The van der Waals surface area contributed by atoms with Crippen molar-refractivity contribution in [2.45, 2.75) is 25.1 Å². The van der Waals surface area contributed by atoms with Gasteiger partial charge in [0, 0.05) is 38.1 Å². The summed E-state index contributed by atoms with van der Waals surface area (Å²) < 4.78 is 43.9. The Morgan fingerprint density at radius 2 is 1.93 bits per heavy atom. The van der Waals surface area contributed by atoms with Gasteiger partial charge in [-0.15, -0.1) is 0 Å². The van der Waals surface area contributed by atoms with Crippen LogP contribution in [0.4, 0.5) is 18.9 Å².